The van der Waals surface area contributed by atoms with Gasteiger partial charge in [0.05, 0.1) is 0 Å². The Morgan fingerprint density at radius 1 is 1.29 bits per heavy atom. The molecule has 0 aromatic heterocycles. The Morgan fingerprint density at radius 3 is 2.43 bits per heavy atom. The molecule has 1 aliphatic rings. The van der Waals surface area contributed by atoms with Crippen LogP contribution in [0.3, 0.4) is 0 Å². The van der Waals surface area contributed by atoms with Crippen molar-refractivity contribution in [1.82, 2.24) is 5.32 Å². The van der Waals surface area contributed by atoms with E-state index in [1.807, 2.05) is 0 Å². The summed E-state index contributed by atoms with van der Waals surface area (Å²) in [5, 5.41) is 3.52. The van der Waals surface area contributed by atoms with Gasteiger partial charge in [-0.25, -0.2) is 0 Å². The molecule has 0 aliphatic heterocycles. The maximum atomic E-state index is 5.88. The highest BCUT2D eigenvalue weighted by molar-refractivity contribution is 6.18. The minimum atomic E-state index is 0.256. The molecule has 0 amide bonds. The molecule has 0 saturated heterocycles. The molecule has 0 radical (unpaired) electrons. The lowest BCUT2D eigenvalue weighted by atomic mass is 10.1. The molecule has 2 heteroatoms. The summed E-state index contributed by atoms with van der Waals surface area (Å²) in [5.41, 5.74) is 2.91. The Bertz CT molecular complexity index is 301. The molecule has 0 bridgehead atoms. The fourth-order valence-corrected chi connectivity index (χ4v) is 1.87. The van der Waals surface area contributed by atoms with Crippen LogP contribution < -0.4 is 5.32 Å². The first-order valence-electron chi connectivity index (χ1n) is 5.11. The predicted octanol–water partition coefficient (Wildman–Crippen LogP) is 2.86. The van der Waals surface area contributed by atoms with Crippen LogP contribution in [0, 0.1) is 6.92 Å². The van der Waals surface area contributed by atoms with Gasteiger partial charge in [-0.05, 0) is 25.3 Å². The number of hydrogen-bond acceptors (Lipinski definition) is 1. The second kappa shape index (κ2) is 3.92. The van der Waals surface area contributed by atoms with Gasteiger partial charge >= 0.3 is 0 Å². The summed E-state index contributed by atoms with van der Waals surface area (Å²) in [7, 11) is 0. The second-order valence-corrected chi connectivity index (χ2v) is 4.52. The van der Waals surface area contributed by atoms with Crippen LogP contribution in [0.25, 0.3) is 0 Å². The van der Waals surface area contributed by atoms with Crippen LogP contribution in [-0.4, -0.2) is 11.4 Å². The molecule has 0 unspecified atom stereocenters. The highest BCUT2D eigenvalue weighted by Crippen LogP contribution is 2.36. The third-order valence-corrected chi connectivity index (χ3v) is 3.41. The van der Waals surface area contributed by atoms with Crippen molar-refractivity contribution < 1.29 is 0 Å². The lowest BCUT2D eigenvalue weighted by molar-refractivity contribution is 0.543. The van der Waals surface area contributed by atoms with Gasteiger partial charge in [0.25, 0.3) is 0 Å². The van der Waals surface area contributed by atoms with Gasteiger partial charge in [0.2, 0.25) is 0 Å². The van der Waals surface area contributed by atoms with Crippen molar-refractivity contribution in [2.45, 2.75) is 31.8 Å². The first kappa shape index (κ1) is 10.0. The van der Waals surface area contributed by atoms with Crippen molar-refractivity contribution in [1.29, 1.82) is 0 Å². The third kappa shape index (κ3) is 2.28. The van der Waals surface area contributed by atoms with E-state index in [4.69, 9.17) is 11.6 Å². The normalized spacial score (nSPS) is 18.1. The Balaban J connectivity index is 1.89. The first-order valence-corrected chi connectivity index (χ1v) is 5.64. The average Bonchev–Trinajstić information content (AvgIpc) is 2.98. The summed E-state index contributed by atoms with van der Waals surface area (Å²) < 4.78 is 0. The number of hydrogen-bond donors (Lipinski definition) is 1. The molecule has 0 heterocycles. The third-order valence-electron chi connectivity index (χ3n) is 2.90. The number of benzene rings is 1. The van der Waals surface area contributed by atoms with Gasteiger partial charge in [-0.1, -0.05) is 29.8 Å². The van der Waals surface area contributed by atoms with Gasteiger partial charge < -0.3 is 5.32 Å². The molecule has 2 rings (SSSR count). The topological polar surface area (TPSA) is 12.0 Å². The maximum absolute atomic E-state index is 5.88. The van der Waals surface area contributed by atoms with Crippen molar-refractivity contribution >= 4 is 11.6 Å². The number of halogens is 1. The molecule has 0 atom stereocenters. The average molecular weight is 210 g/mol. The lowest BCUT2D eigenvalue weighted by Gasteiger charge is -2.13. The zero-order valence-corrected chi connectivity index (χ0v) is 9.27. The molecule has 0 spiro atoms. The van der Waals surface area contributed by atoms with E-state index in [1.54, 1.807) is 0 Å². The Kier molecular flexibility index (Phi) is 2.80. The van der Waals surface area contributed by atoms with Crippen LogP contribution >= 0.6 is 11.6 Å². The van der Waals surface area contributed by atoms with Gasteiger partial charge in [-0.15, -0.1) is 11.6 Å². The maximum Gasteiger partial charge on any atom is 0.0406 e. The summed E-state index contributed by atoms with van der Waals surface area (Å²) in [4.78, 5) is 0. The van der Waals surface area contributed by atoms with Crippen LogP contribution in [0.15, 0.2) is 24.3 Å². The van der Waals surface area contributed by atoms with Gasteiger partial charge in [0.1, 0.15) is 0 Å². The summed E-state index contributed by atoms with van der Waals surface area (Å²) >= 11 is 5.88. The van der Waals surface area contributed by atoms with Crippen molar-refractivity contribution in [3.05, 3.63) is 35.4 Å². The Labute approximate surface area is 90.5 Å². The molecule has 76 valence electrons. The standard InChI is InChI=1S/C12H16ClN/c1-10-2-4-11(5-3-10)8-14-12(9-13)6-7-12/h2-5,14H,6-9H2,1H3. The minimum absolute atomic E-state index is 0.256. The Hall–Kier alpha value is -0.530. The minimum Gasteiger partial charge on any atom is -0.306 e. The largest absolute Gasteiger partial charge is 0.306 e. The number of nitrogens with one attached hydrogen (secondary N) is 1. The monoisotopic (exact) mass is 209 g/mol. The van der Waals surface area contributed by atoms with Crippen molar-refractivity contribution in [3.63, 3.8) is 0 Å². The second-order valence-electron chi connectivity index (χ2n) is 4.25. The van der Waals surface area contributed by atoms with Crippen molar-refractivity contribution in [3.8, 4) is 0 Å². The molecule has 1 nitrogen and oxygen atoms in total. The predicted molar refractivity (Wildman–Crippen MR) is 60.7 cm³/mol. The van der Waals surface area contributed by atoms with Gasteiger partial charge in [0, 0.05) is 18.0 Å². The van der Waals surface area contributed by atoms with Crippen LogP contribution in [0.2, 0.25) is 0 Å². The number of aryl methyl sites for hydroxylation is 1. The first-order chi connectivity index (χ1) is 6.74. The zero-order valence-electron chi connectivity index (χ0n) is 8.52. The van der Waals surface area contributed by atoms with Crippen molar-refractivity contribution in [2.75, 3.05) is 5.88 Å². The van der Waals surface area contributed by atoms with Gasteiger partial charge in [0.15, 0.2) is 0 Å². The van der Waals surface area contributed by atoms with E-state index in [0.29, 0.717) is 0 Å². The highest BCUT2D eigenvalue weighted by Gasteiger charge is 2.40. The summed E-state index contributed by atoms with van der Waals surface area (Å²) in [6, 6.07) is 8.65. The lowest BCUT2D eigenvalue weighted by Crippen LogP contribution is -2.32. The van der Waals surface area contributed by atoms with E-state index >= 15 is 0 Å². The number of alkyl halides is 1. The van der Waals surface area contributed by atoms with Crippen molar-refractivity contribution in [2.24, 2.45) is 0 Å². The molecule has 1 saturated carbocycles. The van der Waals surface area contributed by atoms with E-state index < -0.39 is 0 Å². The molecule has 1 aromatic carbocycles. The SMILES string of the molecule is Cc1ccc(CNC2(CCl)CC2)cc1. The van der Waals surface area contributed by atoms with Gasteiger partial charge in [-0.2, -0.15) is 0 Å². The summed E-state index contributed by atoms with van der Waals surface area (Å²) in [6.07, 6.45) is 2.45. The fourth-order valence-electron chi connectivity index (χ4n) is 1.50. The van der Waals surface area contributed by atoms with E-state index in [0.717, 1.165) is 12.4 Å². The molecular formula is C12H16ClN. The fraction of sp³-hybridized carbons (Fsp3) is 0.500. The molecular weight excluding hydrogens is 194 g/mol. The van der Waals surface area contributed by atoms with Crippen LogP contribution in [0.5, 0.6) is 0 Å². The van der Waals surface area contributed by atoms with E-state index in [-0.39, 0.29) is 5.54 Å². The smallest absolute Gasteiger partial charge is 0.0406 e. The van der Waals surface area contributed by atoms with E-state index in [2.05, 4.69) is 36.5 Å². The molecule has 1 N–H and O–H groups in total. The van der Waals surface area contributed by atoms with Crippen LogP contribution in [-0.2, 0) is 6.54 Å². The Morgan fingerprint density at radius 2 is 1.93 bits per heavy atom. The molecule has 1 aliphatic carbocycles. The highest BCUT2D eigenvalue weighted by atomic mass is 35.5. The molecule has 1 aromatic rings. The molecule has 1 fully saturated rings. The quantitative estimate of drug-likeness (QED) is 0.753. The van der Waals surface area contributed by atoms with Crippen LogP contribution in [0.1, 0.15) is 24.0 Å². The van der Waals surface area contributed by atoms with Crippen LogP contribution in [0.4, 0.5) is 0 Å². The van der Waals surface area contributed by atoms with Gasteiger partial charge in [-0.3, -0.25) is 0 Å². The molecule has 14 heavy (non-hydrogen) atoms. The zero-order chi connectivity index (χ0) is 10.0. The number of rotatable bonds is 4. The van der Waals surface area contributed by atoms with E-state index in [1.165, 1.54) is 24.0 Å². The summed E-state index contributed by atoms with van der Waals surface area (Å²) in [5.74, 6) is 0.735. The summed E-state index contributed by atoms with van der Waals surface area (Å²) in [6.45, 7) is 3.05. The van der Waals surface area contributed by atoms with E-state index in [9.17, 15) is 0 Å².